The predicted octanol–water partition coefficient (Wildman–Crippen LogP) is -0.482. The Hall–Kier alpha value is -0.320. The van der Waals surface area contributed by atoms with Gasteiger partial charge < -0.3 is 40.0 Å². The van der Waals surface area contributed by atoms with Crippen LogP contribution in [0.5, 0.6) is 0 Å². The van der Waals surface area contributed by atoms with Crippen LogP contribution in [-0.2, 0) is 0 Å². The monoisotopic (exact) mass is 432 g/mol. The summed E-state index contributed by atoms with van der Waals surface area (Å²) in [5, 5.41) is 36.2. The van der Waals surface area contributed by atoms with Crippen LogP contribution in [0.4, 0.5) is 0 Å². The van der Waals surface area contributed by atoms with Crippen LogP contribution in [0.3, 0.4) is 0 Å². The molecule has 1 rings (SSSR count). The van der Waals surface area contributed by atoms with Crippen molar-refractivity contribution in [1.29, 1.82) is 0 Å². The number of aliphatic hydroxyl groups is 4. The number of piperazine rings is 1. The molecule has 180 valence electrons. The molecule has 8 nitrogen and oxygen atoms in total. The van der Waals surface area contributed by atoms with Crippen molar-refractivity contribution in [2.45, 2.75) is 38.5 Å². The maximum absolute atomic E-state index is 9.05. The predicted molar refractivity (Wildman–Crippen MR) is 122 cm³/mol. The Labute approximate surface area is 184 Å². The van der Waals surface area contributed by atoms with Gasteiger partial charge in [0.2, 0.25) is 0 Å². The third-order valence-electron chi connectivity index (χ3n) is 5.89. The molecule has 0 aromatic rings. The summed E-state index contributed by atoms with van der Waals surface area (Å²) in [6.45, 7) is 13.4. The third kappa shape index (κ3) is 13.9. The Morgan fingerprint density at radius 1 is 0.433 bits per heavy atom. The highest BCUT2D eigenvalue weighted by atomic mass is 16.3. The van der Waals surface area contributed by atoms with Crippen molar-refractivity contribution in [2.75, 3.05) is 105 Å². The molecule has 8 heteroatoms. The zero-order valence-corrected chi connectivity index (χ0v) is 19.1. The van der Waals surface area contributed by atoms with E-state index in [0.29, 0.717) is 0 Å². The van der Waals surface area contributed by atoms with Gasteiger partial charge in [0.15, 0.2) is 0 Å². The van der Waals surface area contributed by atoms with E-state index in [9.17, 15) is 0 Å². The van der Waals surface area contributed by atoms with E-state index in [1.165, 1.54) is 0 Å². The Balaban J connectivity index is 2.15. The van der Waals surface area contributed by atoms with E-state index in [1.54, 1.807) is 0 Å². The van der Waals surface area contributed by atoms with E-state index in [4.69, 9.17) is 20.4 Å². The van der Waals surface area contributed by atoms with Crippen LogP contribution in [-0.4, -0.2) is 145 Å². The number of hydrogen-bond donors (Lipinski definition) is 4. The van der Waals surface area contributed by atoms with Crippen molar-refractivity contribution in [3.05, 3.63) is 0 Å². The highest BCUT2D eigenvalue weighted by Gasteiger charge is 2.17. The molecule has 0 unspecified atom stereocenters. The molecule has 0 spiro atoms. The Morgan fingerprint density at radius 3 is 0.967 bits per heavy atom. The van der Waals surface area contributed by atoms with Gasteiger partial charge >= 0.3 is 0 Å². The van der Waals surface area contributed by atoms with Crippen LogP contribution in [0, 0.1) is 0 Å². The topological polar surface area (TPSA) is 93.9 Å². The van der Waals surface area contributed by atoms with Crippen molar-refractivity contribution < 1.29 is 20.4 Å². The Kier molecular flexibility index (Phi) is 17.9. The smallest absolute Gasteiger partial charge is 0.0443 e. The van der Waals surface area contributed by atoms with E-state index < -0.39 is 0 Å². The number of rotatable bonds is 20. The summed E-state index contributed by atoms with van der Waals surface area (Å²) < 4.78 is 0. The largest absolute Gasteiger partial charge is 0.396 e. The second-order valence-corrected chi connectivity index (χ2v) is 8.38. The molecule has 1 saturated heterocycles. The summed E-state index contributed by atoms with van der Waals surface area (Å²) in [6, 6.07) is 0. The van der Waals surface area contributed by atoms with E-state index in [2.05, 4.69) is 19.6 Å². The first kappa shape index (κ1) is 27.7. The number of aliphatic hydroxyl groups excluding tert-OH is 4. The molecule has 0 aliphatic carbocycles. The minimum absolute atomic E-state index is 0.234. The number of nitrogens with zero attached hydrogens (tertiary/aromatic N) is 4. The van der Waals surface area contributed by atoms with Gasteiger partial charge in [-0.2, -0.15) is 0 Å². The van der Waals surface area contributed by atoms with Crippen molar-refractivity contribution in [3.8, 4) is 0 Å². The van der Waals surface area contributed by atoms with Crippen LogP contribution < -0.4 is 0 Å². The van der Waals surface area contributed by atoms with E-state index >= 15 is 0 Å². The summed E-state index contributed by atoms with van der Waals surface area (Å²) in [6.07, 6.45) is 5.51. The first-order valence-electron chi connectivity index (χ1n) is 12.1. The van der Waals surface area contributed by atoms with Gasteiger partial charge in [0.1, 0.15) is 0 Å². The van der Waals surface area contributed by atoms with Crippen molar-refractivity contribution in [2.24, 2.45) is 0 Å². The zero-order valence-electron chi connectivity index (χ0n) is 19.1. The van der Waals surface area contributed by atoms with Crippen LogP contribution in [0.15, 0.2) is 0 Å². The Morgan fingerprint density at radius 2 is 0.700 bits per heavy atom. The summed E-state index contributed by atoms with van der Waals surface area (Å²) in [5.41, 5.74) is 0. The van der Waals surface area contributed by atoms with E-state index in [0.717, 1.165) is 117 Å². The minimum Gasteiger partial charge on any atom is -0.396 e. The summed E-state index contributed by atoms with van der Waals surface area (Å²) in [5.74, 6) is 0. The molecule has 30 heavy (non-hydrogen) atoms. The van der Waals surface area contributed by atoms with Crippen molar-refractivity contribution in [3.63, 3.8) is 0 Å². The summed E-state index contributed by atoms with van der Waals surface area (Å²) in [7, 11) is 0. The lowest BCUT2D eigenvalue weighted by atomic mass is 10.2. The molecule has 0 aromatic heterocycles. The molecule has 0 saturated carbocycles. The Bertz CT molecular complexity index is 321. The molecule has 0 radical (unpaired) electrons. The zero-order chi connectivity index (χ0) is 21.9. The first-order valence-corrected chi connectivity index (χ1v) is 12.1. The highest BCUT2D eigenvalue weighted by molar-refractivity contribution is 4.73. The molecule has 1 aliphatic rings. The number of hydrogen-bond acceptors (Lipinski definition) is 8. The average Bonchev–Trinajstić information content (AvgIpc) is 2.77. The fourth-order valence-electron chi connectivity index (χ4n) is 4.12. The van der Waals surface area contributed by atoms with Gasteiger partial charge in [-0.1, -0.05) is 0 Å². The molecular formula is C22H48N4O4. The van der Waals surface area contributed by atoms with Crippen LogP contribution in [0.1, 0.15) is 38.5 Å². The van der Waals surface area contributed by atoms with Gasteiger partial charge in [-0.3, -0.25) is 0 Å². The fraction of sp³-hybridized carbons (Fsp3) is 1.00. The fourth-order valence-corrected chi connectivity index (χ4v) is 4.12. The van der Waals surface area contributed by atoms with Gasteiger partial charge in [-0.15, -0.1) is 0 Å². The van der Waals surface area contributed by atoms with Gasteiger partial charge in [-0.25, -0.2) is 0 Å². The van der Waals surface area contributed by atoms with Crippen LogP contribution in [0.25, 0.3) is 0 Å². The van der Waals surface area contributed by atoms with Gasteiger partial charge in [0.25, 0.3) is 0 Å². The quantitative estimate of drug-likeness (QED) is 0.205. The molecule has 1 aliphatic heterocycles. The van der Waals surface area contributed by atoms with Gasteiger partial charge in [0.05, 0.1) is 0 Å². The molecule has 4 N–H and O–H groups in total. The molecule has 0 aromatic carbocycles. The maximum atomic E-state index is 9.05. The maximum Gasteiger partial charge on any atom is 0.0443 e. The van der Waals surface area contributed by atoms with Gasteiger partial charge in [-0.05, 0) is 64.7 Å². The van der Waals surface area contributed by atoms with Crippen molar-refractivity contribution >= 4 is 0 Å². The molecule has 0 amide bonds. The molecule has 0 atom stereocenters. The summed E-state index contributed by atoms with van der Waals surface area (Å²) >= 11 is 0. The molecular weight excluding hydrogens is 384 g/mol. The third-order valence-corrected chi connectivity index (χ3v) is 5.89. The highest BCUT2D eigenvalue weighted by Crippen LogP contribution is 2.06. The van der Waals surface area contributed by atoms with Crippen LogP contribution >= 0.6 is 0 Å². The standard InChI is InChI=1S/C22H48N4O4/c27-19-3-11-23(12-4-20-28)7-1-9-25-15-17-26(18-16-25)10-2-8-24(13-5-21-29)14-6-22-30/h27-30H,1-22H2. The van der Waals surface area contributed by atoms with E-state index in [1.807, 2.05) is 0 Å². The second-order valence-electron chi connectivity index (χ2n) is 8.38. The lowest BCUT2D eigenvalue weighted by molar-refractivity contribution is 0.119. The normalized spacial score (nSPS) is 16.2. The lowest BCUT2D eigenvalue weighted by Gasteiger charge is -2.35. The lowest BCUT2D eigenvalue weighted by Crippen LogP contribution is -2.47. The van der Waals surface area contributed by atoms with Crippen molar-refractivity contribution in [1.82, 2.24) is 19.6 Å². The average molecular weight is 433 g/mol. The van der Waals surface area contributed by atoms with Gasteiger partial charge in [0, 0.05) is 78.8 Å². The van der Waals surface area contributed by atoms with E-state index in [-0.39, 0.29) is 26.4 Å². The molecule has 1 fully saturated rings. The summed E-state index contributed by atoms with van der Waals surface area (Å²) in [4.78, 5) is 9.84. The molecule has 0 bridgehead atoms. The SMILES string of the molecule is OCCCN(CCCO)CCCN1CCN(CCCN(CCCO)CCCO)CC1. The second kappa shape index (κ2) is 19.4. The molecule has 1 heterocycles. The first-order chi connectivity index (χ1) is 14.7. The minimum atomic E-state index is 0.234. The van der Waals surface area contributed by atoms with Crippen LogP contribution in [0.2, 0.25) is 0 Å².